The van der Waals surface area contributed by atoms with Crippen LogP contribution >= 0.6 is 0 Å². The standard InChI is InChI=1S/C18H23NO4/c1-21-16-5-3-7-18(13-16)23-11-10-22-17-6-2-4-15(12-17)14-19-8-9-20/h2-7,12-13,19-20H,8-11,14H2,1H3. The molecular formula is C18H23NO4. The number of aliphatic hydroxyl groups excluding tert-OH is 1. The minimum Gasteiger partial charge on any atom is -0.497 e. The largest absolute Gasteiger partial charge is 0.497 e. The zero-order chi connectivity index (χ0) is 16.3. The Kier molecular flexibility index (Phi) is 7.23. The van der Waals surface area contributed by atoms with Gasteiger partial charge in [0.05, 0.1) is 13.7 Å². The van der Waals surface area contributed by atoms with E-state index in [1.165, 1.54) is 0 Å². The monoisotopic (exact) mass is 317 g/mol. The van der Waals surface area contributed by atoms with Crippen molar-refractivity contribution in [2.75, 3.05) is 33.5 Å². The first-order valence-corrected chi connectivity index (χ1v) is 7.62. The Bertz CT molecular complexity index is 589. The zero-order valence-electron chi connectivity index (χ0n) is 13.3. The molecule has 5 nitrogen and oxygen atoms in total. The summed E-state index contributed by atoms with van der Waals surface area (Å²) >= 11 is 0. The van der Waals surface area contributed by atoms with Gasteiger partial charge >= 0.3 is 0 Å². The van der Waals surface area contributed by atoms with E-state index in [2.05, 4.69) is 5.32 Å². The van der Waals surface area contributed by atoms with Crippen molar-refractivity contribution in [3.8, 4) is 17.2 Å². The molecule has 0 aliphatic carbocycles. The number of hydrogen-bond acceptors (Lipinski definition) is 5. The molecule has 0 aromatic heterocycles. The minimum atomic E-state index is 0.137. The predicted molar refractivity (Wildman–Crippen MR) is 89.2 cm³/mol. The molecule has 2 rings (SSSR count). The highest BCUT2D eigenvalue weighted by Crippen LogP contribution is 2.19. The molecule has 2 aromatic carbocycles. The van der Waals surface area contributed by atoms with Crippen LogP contribution in [0.3, 0.4) is 0 Å². The van der Waals surface area contributed by atoms with Gasteiger partial charge in [-0.3, -0.25) is 0 Å². The maximum Gasteiger partial charge on any atom is 0.123 e. The Hall–Kier alpha value is -2.24. The molecule has 0 radical (unpaired) electrons. The van der Waals surface area contributed by atoms with Crippen LogP contribution in [0.15, 0.2) is 48.5 Å². The molecule has 5 heteroatoms. The van der Waals surface area contributed by atoms with Crippen molar-refractivity contribution < 1.29 is 19.3 Å². The summed E-state index contributed by atoms with van der Waals surface area (Å²) in [6.07, 6.45) is 0. The highest BCUT2D eigenvalue weighted by molar-refractivity contribution is 5.32. The van der Waals surface area contributed by atoms with Crippen molar-refractivity contribution in [1.82, 2.24) is 5.32 Å². The third-order valence-corrected chi connectivity index (χ3v) is 3.18. The summed E-state index contributed by atoms with van der Waals surface area (Å²) in [7, 11) is 1.63. The summed E-state index contributed by atoms with van der Waals surface area (Å²) in [5.41, 5.74) is 1.12. The van der Waals surface area contributed by atoms with E-state index in [1.54, 1.807) is 7.11 Å². The third kappa shape index (κ3) is 6.18. The molecule has 23 heavy (non-hydrogen) atoms. The average molecular weight is 317 g/mol. The van der Waals surface area contributed by atoms with Crippen LogP contribution in [0.4, 0.5) is 0 Å². The lowest BCUT2D eigenvalue weighted by atomic mass is 10.2. The van der Waals surface area contributed by atoms with E-state index in [4.69, 9.17) is 19.3 Å². The molecule has 0 unspecified atom stereocenters. The van der Waals surface area contributed by atoms with E-state index in [-0.39, 0.29) is 6.61 Å². The molecule has 0 bridgehead atoms. The maximum atomic E-state index is 8.76. The summed E-state index contributed by atoms with van der Waals surface area (Å²) < 4.78 is 16.5. The van der Waals surface area contributed by atoms with E-state index >= 15 is 0 Å². The molecule has 0 aliphatic rings. The molecule has 0 fully saturated rings. The lowest BCUT2D eigenvalue weighted by Gasteiger charge is -2.10. The fourth-order valence-electron chi connectivity index (χ4n) is 2.07. The second-order valence-corrected chi connectivity index (χ2v) is 4.92. The number of aliphatic hydroxyl groups is 1. The van der Waals surface area contributed by atoms with Gasteiger partial charge in [0.1, 0.15) is 30.5 Å². The molecule has 124 valence electrons. The number of nitrogens with one attached hydrogen (secondary N) is 1. The van der Waals surface area contributed by atoms with Crippen LogP contribution in [0, 0.1) is 0 Å². The van der Waals surface area contributed by atoms with Crippen molar-refractivity contribution in [2.45, 2.75) is 6.54 Å². The highest BCUT2D eigenvalue weighted by atomic mass is 16.5. The van der Waals surface area contributed by atoms with Crippen LogP contribution in [0.25, 0.3) is 0 Å². The summed E-state index contributed by atoms with van der Waals surface area (Å²) in [6, 6.07) is 15.4. The summed E-state index contributed by atoms with van der Waals surface area (Å²) in [4.78, 5) is 0. The van der Waals surface area contributed by atoms with Crippen LogP contribution in [0.1, 0.15) is 5.56 Å². The molecule has 0 heterocycles. The maximum absolute atomic E-state index is 8.76. The number of benzene rings is 2. The average Bonchev–Trinajstić information content (AvgIpc) is 2.60. The first kappa shape index (κ1) is 17.1. The van der Waals surface area contributed by atoms with Crippen molar-refractivity contribution in [1.29, 1.82) is 0 Å². The van der Waals surface area contributed by atoms with Crippen molar-refractivity contribution in [3.05, 3.63) is 54.1 Å². The summed E-state index contributed by atoms with van der Waals surface area (Å²) in [6.45, 7) is 2.35. The Morgan fingerprint density at radius 1 is 0.913 bits per heavy atom. The quantitative estimate of drug-likeness (QED) is 0.658. The molecule has 0 atom stereocenters. The third-order valence-electron chi connectivity index (χ3n) is 3.18. The van der Waals surface area contributed by atoms with Gasteiger partial charge in [-0.1, -0.05) is 18.2 Å². The normalized spacial score (nSPS) is 10.3. The van der Waals surface area contributed by atoms with Crippen molar-refractivity contribution in [2.24, 2.45) is 0 Å². The SMILES string of the molecule is COc1cccc(OCCOc2cccc(CNCCO)c2)c1. The van der Waals surface area contributed by atoms with Crippen molar-refractivity contribution >= 4 is 0 Å². The lowest BCUT2D eigenvalue weighted by molar-refractivity contribution is 0.216. The minimum absolute atomic E-state index is 0.137. The van der Waals surface area contributed by atoms with Crippen LogP contribution in [-0.4, -0.2) is 38.6 Å². The molecule has 0 amide bonds. The highest BCUT2D eigenvalue weighted by Gasteiger charge is 1.99. The molecule has 2 N–H and O–H groups in total. The van der Waals surface area contributed by atoms with Gasteiger partial charge < -0.3 is 24.6 Å². The number of methoxy groups -OCH3 is 1. The predicted octanol–water partition coefficient (Wildman–Crippen LogP) is 2.23. The molecule has 0 spiro atoms. The van der Waals surface area contributed by atoms with Gasteiger partial charge in [-0.2, -0.15) is 0 Å². The van der Waals surface area contributed by atoms with Gasteiger partial charge in [-0.25, -0.2) is 0 Å². The van der Waals surface area contributed by atoms with Gasteiger partial charge in [-0.05, 0) is 29.8 Å². The van der Waals surface area contributed by atoms with Gasteiger partial charge in [-0.15, -0.1) is 0 Å². The fourth-order valence-corrected chi connectivity index (χ4v) is 2.07. The Morgan fingerprint density at radius 3 is 2.26 bits per heavy atom. The lowest BCUT2D eigenvalue weighted by Crippen LogP contribution is -2.17. The van der Waals surface area contributed by atoms with Crippen LogP contribution < -0.4 is 19.5 Å². The van der Waals surface area contributed by atoms with E-state index in [1.807, 2.05) is 48.5 Å². The number of rotatable bonds is 10. The Labute approximate surface area is 136 Å². The van der Waals surface area contributed by atoms with Gasteiger partial charge in [0.25, 0.3) is 0 Å². The van der Waals surface area contributed by atoms with Gasteiger partial charge in [0, 0.05) is 19.2 Å². The van der Waals surface area contributed by atoms with E-state index in [9.17, 15) is 0 Å². The second kappa shape index (κ2) is 9.71. The van der Waals surface area contributed by atoms with Gasteiger partial charge in [0.15, 0.2) is 0 Å². The first-order chi connectivity index (χ1) is 11.3. The molecule has 0 aliphatic heterocycles. The molecular weight excluding hydrogens is 294 g/mol. The number of hydrogen-bond donors (Lipinski definition) is 2. The summed E-state index contributed by atoms with van der Waals surface area (Å²) in [5, 5.41) is 11.9. The van der Waals surface area contributed by atoms with Crippen LogP contribution in [0.5, 0.6) is 17.2 Å². The summed E-state index contributed by atoms with van der Waals surface area (Å²) in [5.74, 6) is 2.34. The van der Waals surface area contributed by atoms with Crippen molar-refractivity contribution in [3.63, 3.8) is 0 Å². The van der Waals surface area contributed by atoms with Crippen LogP contribution in [-0.2, 0) is 6.54 Å². The zero-order valence-corrected chi connectivity index (χ0v) is 13.3. The topological polar surface area (TPSA) is 60.0 Å². The van der Waals surface area contributed by atoms with E-state index in [0.717, 1.165) is 22.8 Å². The van der Waals surface area contributed by atoms with E-state index in [0.29, 0.717) is 26.3 Å². The Balaban J connectivity index is 1.74. The second-order valence-electron chi connectivity index (χ2n) is 4.92. The smallest absolute Gasteiger partial charge is 0.123 e. The molecule has 0 saturated heterocycles. The van der Waals surface area contributed by atoms with Gasteiger partial charge in [0.2, 0.25) is 0 Å². The van der Waals surface area contributed by atoms with Crippen LogP contribution in [0.2, 0.25) is 0 Å². The fraction of sp³-hybridized carbons (Fsp3) is 0.333. The first-order valence-electron chi connectivity index (χ1n) is 7.62. The van der Waals surface area contributed by atoms with E-state index < -0.39 is 0 Å². The Morgan fingerprint density at radius 2 is 1.57 bits per heavy atom. The molecule has 0 saturated carbocycles. The molecule has 2 aromatic rings. The number of ether oxygens (including phenoxy) is 3.